The number of amides is 2. The van der Waals surface area contributed by atoms with Crippen molar-refractivity contribution in [2.75, 3.05) is 33.1 Å². The lowest BCUT2D eigenvalue weighted by Gasteiger charge is -2.24. The standard InChI is InChI=1S/C14H23N3O/c1-11(2)12-7-6-8-13(9-12)16-14(18)15-10-17(3,4)5/h6-9,11H,10H2,1-5H3,(H-,15,16,18)/p+1. The number of nitrogens with zero attached hydrogens (tertiary/aromatic N) is 1. The van der Waals surface area contributed by atoms with Gasteiger partial charge in [0.05, 0.1) is 21.1 Å². The summed E-state index contributed by atoms with van der Waals surface area (Å²) in [6, 6.07) is 7.78. The van der Waals surface area contributed by atoms with Crippen molar-refractivity contribution in [3.63, 3.8) is 0 Å². The average Bonchev–Trinajstić information content (AvgIpc) is 2.26. The largest absolute Gasteiger partial charge is 0.323 e. The second-order valence-electron chi connectivity index (χ2n) is 5.86. The normalized spacial score (nSPS) is 11.4. The van der Waals surface area contributed by atoms with E-state index in [2.05, 4.69) is 30.5 Å². The van der Waals surface area contributed by atoms with E-state index >= 15 is 0 Å². The topological polar surface area (TPSA) is 41.1 Å². The molecule has 18 heavy (non-hydrogen) atoms. The fourth-order valence-electron chi connectivity index (χ4n) is 1.46. The van der Waals surface area contributed by atoms with Gasteiger partial charge in [0.15, 0.2) is 6.67 Å². The molecule has 0 fully saturated rings. The molecule has 0 aromatic heterocycles. The minimum absolute atomic E-state index is 0.163. The third kappa shape index (κ3) is 5.19. The third-order valence-electron chi connectivity index (χ3n) is 2.53. The molecular weight excluding hydrogens is 226 g/mol. The molecule has 0 bridgehead atoms. The smallest absolute Gasteiger partial charge is 0.314 e. The van der Waals surface area contributed by atoms with E-state index in [1.54, 1.807) is 0 Å². The Morgan fingerprint density at radius 2 is 1.94 bits per heavy atom. The van der Waals surface area contributed by atoms with E-state index < -0.39 is 0 Å². The Morgan fingerprint density at radius 1 is 1.28 bits per heavy atom. The third-order valence-corrected chi connectivity index (χ3v) is 2.53. The number of nitrogens with one attached hydrogen (secondary N) is 2. The summed E-state index contributed by atoms with van der Waals surface area (Å²) in [5, 5.41) is 5.69. The van der Waals surface area contributed by atoms with E-state index in [0.717, 1.165) is 5.69 Å². The van der Waals surface area contributed by atoms with Crippen LogP contribution in [0.3, 0.4) is 0 Å². The highest BCUT2D eigenvalue weighted by atomic mass is 16.2. The number of benzene rings is 1. The fourth-order valence-corrected chi connectivity index (χ4v) is 1.46. The molecule has 2 amide bonds. The van der Waals surface area contributed by atoms with Crippen LogP contribution in [-0.4, -0.2) is 38.3 Å². The van der Waals surface area contributed by atoms with Crippen molar-refractivity contribution in [1.29, 1.82) is 0 Å². The van der Waals surface area contributed by atoms with Crippen molar-refractivity contribution in [3.8, 4) is 0 Å². The highest BCUT2D eigenvalue weighted by molar-refractivity contribution is 5.89. The Balaban J connectivity index is 2.57. The Morgan fingerprint density at radius 3 is 2.50 bits per heavy atom. The van der Waals surface area contributed by atoms with Gasteiger partial charge in [-0.15, -0.1) is 0 Å². The minimum Gasteiger partial charge on any atom is -0.314 e. The summed E-state index contributed by atoms with van der Waals surface area (Å²) in [6.07, 6.45) is 0. The zero-order chi connectivity index (χ0) is 13.8. The van der Waals surface area contributed by atoms with Crippen LogP contribution in [0.4, 0.5) is 10.5 Å². The predicted octanol–water partition coefficient (Wildman–Crippen LogP) is 2.60. The first-order chi connectivity index (χ1) is 8.28. The van der Waals surface area contributed by atoms with Crippen LogP contribution in [0, 0.1) is 0 Å². The van der Waals surface area contributed by atoms with Crippen LogP contribution in [0.1, 0.15) is 25.3 Å². The molecule has 0 spiro atoms. The zero-order valence-corrected chi connectivity index (χ0v) is 11.9. The molecule has 0 aliphatic heterocycles. The number of hydrogen-bond acceptors (Lipinski definition) is 1. The van der Waals surface area contributed by atoms with E-state index in [1.165, 1.54) is 5.56 Å². The quantitative estimate of drug-likeness (QED) is 0.626. The molecule has 4 heteroatoms. The van der Waals surface area contributed by atoms with E-state index in [9.17, 15) is 4.79 Å². The average molecular weight is 250 g/mol. The van der Waals surface area contributed by atoms with Gasteiger partial charge in [-0.1, -0.05) is 26.0 Å². The highest BCUT2D eigenvalue weighted by Crippen LogP contribution is 2.18. The molecule has 0 atom stereocenters. The van der Waals surface area contributed by atoms with Crippen LogP contribution < -0.4 is 10.6 Å². The van der Waals surface area contributed by atoms with E-state index in [4.69, 9.17) is 0 Å². The number of rotatable bonds is 4. The Bertz CT molecular complexity index is 408. The van der Waals surface area contributed by atoms with Gasteiger partial charge < -0.3 is 9.80 Å². The van der Waals surface area contributed by atoms with E-state index in [1.807, 2.05) is 39.3 Å². The molecule has 1 aromatic rings. The summed E-state index contributed by atoms with van der Waals surface area (Å²) in [7, 11) is 6.08. The second kappa shape index (κ2) is 5.87. The SMILES string of the molecule is CC(C)c1cccc(NC(=O)NC[N+](C)(C)C)c1. The molecule has 100 valence electrons. The molecule has 0 heterocycles. The summed E-state index contributed by atoms with van der Waals surface area (Å²) in [5.41, 5.74) is 2.06. The fraction of sp³-hybridized carbons (Fsp3) is 0.500. The maximum Gasteiger partial charge on any atom is 0.323 e. The molecule has 4 nitrogen and oxygen atoms in total. The van der Waals surface area contributed by atoms with Crippen LogP contribution in [0.15, 0.2) is 24.3 Å². The molecule has 0 aliphatic rings. The lowest BCUT2D eigenvalue weighted by molar-refractivity contribution is -0.872. The number of urea groups is 1. The van der Waals surface area contributed by atoms with Gasteiger partial charge in [0.2, 0.25) is 0 Å². The second-order valence-corrected chi connectivity index (χ2v) is 5.86. The molecule has 1 rings (SSSR count). The zero-order valence-electron chi connectivity index (χ0n) is 11.9. The Kier molecular flexibility index (Phi) is 4.73. The number of carbonyl (C=O) groups is 1. The first kappa shape index (κ1) is 14.5. The van der Waals surface area contributed by atoms with Crippen molar-refractivity contribution in [2.24, 2.45) is 0 Å². The number of quaternary nitrogens is 1. The first-order valence-electron chi connectivity index (χ1n) is 6.23. The van der Waals surface area contributed by atoms with Crippen molar-refractivity contribution in [1.82, 2.24) is 5.32 Å². The van der Waals surface area contributed by atoms with Gasteiger partial charge in [-0.3, -0.25) is 5.32 Å². The number of hydrogen-bond donors (Lipinski definition) is 2. The molecule has 0 saturated heterocycles. The molecule has 0 aliphatic carbocycles. The van der Waals surface area contributed by atoms with Crippen molar-refractivity contribution >= 4 is 11.7 Å². The molecule has 2 N–H and O–H groups in total. The molecule has 0 unspecified atom stereocenters. The lowest BCUT2D eigenvalue weighted by atomic mass is 10.0. The highest BCUT2D eigenvalue weighted by Gasteiger charge is 2.09. The van der Waals surface area contributed by atoms with Crippen LogP contribution in [-0.2, 0) is 0 Å². The summed E-state index contributed by atoms with van der Waals surface area (Å²) in [6.45, 7) is 4.86. The van der Waals surface area contributed by atoms with Gasteiger partial charge in [0, 0.05) is 5.69 Å². The first-order valence-corrected chi connectivity index (χ1v) is 6.23. The summed E-state index contributed by atoms with van der Waals surface area (Å²) in [5.74, 6) is 0.459. The maximum absolute atomic E-state index is 11.7. The van der Waals surface area contributed by atoms with Crippen molar-refractivity contribution < 1.29 is 9.28 Å². The van der Waals surface area contributed by atoms with Crippen LogP contribution in [0.25, 0.3) is 0 Å². The molecular formula is C14H24N3O+. The Hall–Kier alpha value is -1.55. The minimum atomic E-state index is -0.163. The number of carbonyl (C=O) groups excluding carboxylic acids is 1. The van der Waals surface area contributed by atoms with Gasteiger partial charge in [-0.2, -0.15) is 0 Å². The molecule has 1 aromatic carbocycles. The maximum atomic E-state index is 11.7. The van der Waals surface area contributed by atoms with Crippen LogP contribution >= 0.6 is 0 Å². The summed E-state index contributed by atoms with van der Waals surface area (Å²) >= 11 is 0. The summed E-state index contributed by atoms with van der Waals surface area (Å²) < 4.78 is 0.694. The van der Waals surface area contributed by atoms with Gasteiger partial charge in [0.25, 0.3) is 0 Å². The van der Waals surface area contributed by atoms with Gasteiger partial charge in [-0.25, -0.2) is 4.79 Å². The van der Waals surface area contributed by atoms with Gasteiger partial charge in [0.1, 0.15) is 0 Å². The van der Waals surface area contributed by atoms with E-state index in [0.29, 0.717) is 17.1 Å². The van der Waals surface area contributed by atoms with Crippen LogP contribution in [0.2, 0.25) is 0 Å². The molecule has 0 saturated carbocycles. The Labute approximate surface area is 110 Å². The van der Waals surface area contributed by atoms with Crippen molar-refractivity contribution in [3.05, 3.63) is 29.8 Å². The number of anilines is 1. The van der Waals surface area contributed by atoms with Gasteiger partial charge >= 0.3 is 6.03 Å². The summed E-state index contributed by atoms with van der Waals surface area (Å²) in [4.78, 5) is 11.7. The van der Waals surface area contributed by atoms with Crippen LogP contribution in [0.5, 0.6) is 0 Å². The lowest BCUT2D eigenvalue weighted by Crippen LogP contribution is -2.46. The predicted molar refractivity (Wildman–Crippen MR) is 75.6 cm³/mol. The van der Waals surface area contributed by atoms with Crippen molar-refractivity contribution in [2.45, 2.75) is 19.8 Å². The van der Waals surface area contributed by atoms with Gasteiger partial charge in [-0.05, 0) is 23.6 Å². The van der Waals surface area contributed by atoms with E-state index in [-0.39, 0.29) is 6.03 Å². The molecule has 0 radical (unpaired) electrons. The monoisotopic (exact) mass is 250 g/mol.